The molecule has 12 heavy (non-hydrogen) atoms. The molecule has 0 N–H and O–H groups in total. The van der Waals surface area contributed by atoms with Crippen molar-refractivity contribution < 1.29 is 4.39 Å². The van der Waals surface area contributed by atoms with Gasteiger partial charge in [0.15, 0.2) is 0 Å². The van der Waals surface area contributed by atoms with Gasteiger partial charge in [-0.1, -0.05) is 23.2 Å². The summed E-state index contributed by atoms with van der Waals surface area (Å²) in [6, 6.07) is 4.43. The average molecular weight is 221 g/mol. The SMILES string of the molecule is Fc1ccc2c(Cl)c(Cl)sc2c1. The molecule has 0 saturated carbocycles. The van der Waals surface area contributed by atoms with Gasteiger partial charge in [-0.15, -0.1) is 11.3 Å². The Kier molecular flexibility index (Phi) is 1.99. The maximum absolute atomic E-state index is 12.7. The van der Waals surface area contributed by atoms with Crippen LogP contribution < -0.4 is 0 Å². The van der Waals surface area contributed by atoms with Crippen LogP contribution in [-0.4, -0.2) is 0 Å². The second-order valence-corrected chi connectivity index (χ2v) is 4.36. The van der Waals surface area contributed by atoms with Crippen molar-refractivity contribution >= 4 is 44.6 Å². The van der Waals surface area contributed by atoms with Crippen molar-refractivity contribution in [2.45, 2.75) is 0 Å². The van der Waals surface area contributed by atoms with Crippen molar-refractivity contribution in [2.75, 3.05) is 0 Å². The number of hydrogen-bond acceptors (Lipinski definition) is 1. The quantitative estimate of drug-likeness (QED) is 0.620. The van der Waals surface area contributed by atoms with E-state index in [0.29, 0.717) is 9.36 Å². The molecule has 0 aliphatic carbocycles. The maximum atomic E-state index is 12.7. The molecule has 0 unspecified atom stereocenters. The molecule has 0 fully saturated rings. The van der Waals surface area contributed by atoms with Crippen LogP contribution in [0.15, 0.2) is 18.2 Å². The highest BCUT2D eigenvalue weighted by atomic mass is 35.5. The van der Waals surface area contributed by atoms with E-state index in [1.807, 2.05) is 0 Å². The zero-order valence-corrected chi connectivity index (χ0v) is 8.10. The summed E-state index contributed by atoms with van der Waals surface area (Å²) in [4.78, 5) is 0. The molecule has 0 aliphatic rings. The maximum Gasteiger partial charge on any atom is 0.124 e. The minimum atomic E-state index is -0.267. The van der Waals surface area contributed by atoms with Gasteiger partial charge in [0.2, 0.25) is 0 Å². The highest BCUT2D eigenvalue weighted by Gasteiger charge is 2.07. The Balaban J connectivity index is 2.87. The van der Waals surface area contributed by atoms with Gasteiger partial charge >= 0.3 is 0 Å². The average Bonchev–Trinajstić information content (AvgIpc) is 2.28. The van der Waals surface area contributed by atoms with Gasteiger partial charge < -0.3 is 0 Å². The molecule has 0 saturated heterocycles. The first-order valence-electron chi connectivity index (χ1n) is 3.21. The predicted octanol–water partition coefficient (Wildman–Crippen LogP) is 4.35. The lowest BCUT2D eigenvalue weighted by atomic mass is 10.3. The molecule has 0 amide bonds. The first kappa shape index (κ1) is 8.30. The van der Waals surface area contributed by atoms with Crippen molar-refractivity contribution in [2.24, 2.45) is 0 Å². The topological polar surface area (TPSA) is 0 Å². The van der Waals surface area contributed by atoms with Crippen molar-refractivity contribution in [3.05, 3.63) is 33.4 Å². The van der Waals surface area contributed by atoms with Crippen LogP contribution in [0.2, 0.25) is 9.36 Å². The molecule has 0 aliphatic heterocycles. The lowest BCUT2D eigenvalue weighted by Crippen LogP contribution is -1.69. The summed E-state index contributed by atoms with van der Waals surface area (Å²) < 4.78 is 14.0. The van der Waals surface area contributed by atoms with E-state index >= 15 is 0 Å². The van der Waals surface area contributed by atoms with Gasteiger partial charge in [-0.05, 0) is 18.2 Å². The Bertz CT molecular complexity index is 436. The second kappa shape index (κ2) is 2.87. The van der Waals surface area contributed by atoms with Gasteiger partial charge in [-0.2, -0.15) is 0 Å². The molecule has 0 atom stereocenters. The third kappa shape index (κ3) is 1.20. The third-order valence-corrected chi connectivity index (χ3v) is 3.52. The van der Waals surface area contributed by atoms with Gasteiger partial charge in [-0.25, -0.2) is 4.39 Å². The number of hydrogen-bond donors (Lipinski definition) is 0. The molecular formula is C8H3Cl2FS. The zero-order chi connectivity index (χ0) is 8.72. The summed E-state index contributed by atoms with van der Waals surface area (Å²) in [5.41, 5.74) is 0. The van der Waals surface area contributed by atoms with E-state index in [0.717, 1.165) is 10.1 Å². The Labute approximate surface area is 82.5 Å². The minimum absolute atomic E-state index is 0.267. The highest BCUT2D eigenvalue weighted by molar-refractivity contribution is 7.23. The van der Waals surface area contributed by atoms with E-state index in [-0.39, 0.29) is 5.82 Å². The second-order valence-electron chi connectivity index (χ2n) is 2.33. The van der Waals surface area contributed by atoms with Crippen LogP contribution in [0.25, 0.3) is 10.1 Å². The van der Waals surface area contributed by atoms with Gasteiger partial charge in [0.25, 0.3) is 0 Å². The number of halogens is 3. The van der Waals surface area contributed by atoms with E-state index in [2.05, 4.69) is 0 Å². The third-order valence-electron chi connectivity index (χ3n) is 1.55. The smallest absolute Gasteiger partial charge is 0.124 e. The molecular weight excluding hydrogens is 218 g/mol. The van der Waals surface area contributed by atoms with E-state index in [4.69, 9.17) is 23.2 Å². The normalized spacial score (nSPS) is 10.9. The number of fused-ring (bicyclic) bond motifs is 1. The fourth-order valence-electron chi connectivity index (χ4n) is 1.01. The first-order valence-corrected chi connectivity index (χ1v) is 4.79. The zero-order valence-electron chi connectivity index (χ0n) is 5.77. The predicted molar refractivity (Wildman–Crippen MR) is 51.8 cm³/mol. The van der Waals surface area contributed by atoms with Crippen LogP contribution in [0, 0.1) is 5.82 Å². The van der Waals surface area contributed by atoms with Crippen LogP contribution in [-0.2, 0) is 0 Å². The van der Waals surface area contributed by atoms with E-state index in [1.165, 1.54) is 23.5 Å². The molecule has 0 nitrogen and oxygen atoms in total. The van der Waals surface area contributed by atoms with Crippen LogP contribution >= 0.6 is 34.5 Å². The Morgan fingerprint density at radius 3 is 2.75 bits per heavy atom. The Morgan fingerprint density at radius 2 is 2.00 bits per heavy atom. The summed E-state index contributed by atoms with van der Waals surface area (Å²) in [5, 5.41) is 1.32. The Hall–Kier alpha value is -0.310. The van der Waals surface area contributed by atoms with E-state index < -0.39 is 0 Å². The van der Waals surface area contributed by atoms with Crippen molar-refractivity contribution in [1.82, 2.24) is 0 Å². The molecule has 1 aromatic heterocycles. The van der Waals surface area contributed by atoms with E-state index in [9.17, 15) is 4.39 Å². The van der Waals surface area contributed by atoms with Gasteiger partial charge in [-0.3, -0.25) is 0 Å². The van der Waals surface area contributed by atoms with E-state index in [1.54, 1.807) is 6.07 Å². The first-order chi connectivity index (χ1) is 5.68. The molecule has 2 aromatic rings. The monoisotopic (exact) mass is 220 g/mol. The van der Waals surface area contributed by atoms with Crippen LogP contribution in [0.5, 0.6) is 0 Å². The lowest BCUT2D eigenvalue weighted by Gasteiger charge is -1.88. The summed E-state index contributed by atoms with van der Waals surface area (Å²) in [6.45, 7) is 0. The summed E-state index contributed by atoms with van der Waals surface area (Å²) in [5.74, 6) is -0.267. The van der Waals surface area contributed by atoms with Crippen LogP contribution in [0.3, 0.4) is 0 Å². The molecule has 0 spiro atoms. The van der Waals surface area contributed by atoms with Crippen molar-refractivity contribution in [3.8, 4) is 0 Å². The molecule has 0 bridgehead atoms. The number of rotatable bonds is 0. The van der Waals surface area contributed by atoms with Crippen molar-refractivity contribution in [3.63, 3.8) is 0 Å². The molecule has 2 rings (SSSR count). The largest absolute Gasteiger partial charge is 0.207 e. The van der Waals surface area contributed by atoms with Crippen LogP contribution in [0.1, 0.15) is 0 Å². The highest BCUT2D eigenvalue weighted by Crippen LogP contribution is 2.38. The van der Waals surface area contributed by atoms with Gasteiger partial charge in [0, 0.05) is 10.1 Å². The number of benzene rings is 1. The summed E-state index contributed by atoms with van der Waals surface area (Å²) in [7, 11) is 0. The molecule has 62 valence electrons. The summed E-state index contributed by atoms with van der Waals surface area (Å²) in [6.07, 6.45) is 0. The van der Waals surface area contributed by atoms with Gasteiger partial charge in [0.05, 0.1) is 5.02 Å². The van der Waals surface area contributed by atoms with Gasteiger partial charge in [0.1, 0.15) is 10.2 Å². The molecule has 1 heterocycles. The standard InChI is InChI=1S/C8H3Cl2FS/c9-7-5-2-1-4(11)3-6(5)12-8(7)10/h1-3H. The summed E-state index contributed by atoms with van der Waals surface area (Å²) >= 11 is 12.9. The number of thiophene rings is 1. The molecule has 0 radical (unpaired) electrons. The fraction of sp³-hybridized carbons (Fsp3) is 0. The van der Waals surface area contributed by atoms with Crippen LogP contribution in [0.4, 0.5) is 4.39 Å². The Morgan fingerprint density at radius 1 is 1.25 bits per heavy atom. The minimum Gasteiger partial charge on any atom is -0.207 e. The fourth-order valence-corrected chi connectivity index (χ4v) is 2.54. The molecule has 4 heteroatoms. The van der Waals surface area contributed by atoms with Crippen molar-refractivity contribution in [1.29, 1.82) is 0 Å². The molecule has 1 aromatic carbocycles. The lowest BCUT2D eigenvalue weighted by molar-refractivity contribution is 0.630.